The van der Waals surface area contributed by atoms with Crippen LogP contribution in [0, 0.1) is 0 Å². The van der Waals surface area contributed by atoms with Gasteiger partial charge in [0.15, 0.2) is 0 Å². The number of hydrogen-bond acceptors (Lipinski definition) is 2. The highest BCUT2D eigenvalue weighted by atomic mass is 19.3. The Morgan fingerprint density at radius 3 is 2.81 bits per heavy atom. The van der Waals surface area contributed by atoms with Gasteiger partial charge in [-0.2, -0.15) is 0 Å². The minimum Gasteiger partial charge on any atom is -0.393 e. The third-order valence-corrected chi connectivity index (χ3v) is 2.18. The van der Waals surface area contributed by atoms with Crippen LogP contribution in [0.1, 0.15) is 37.8 Å². The monoisotopic (exact) mass is 227 g/mol. The first kappa shape index (κ1) is 12.6. The Morgan fingerprint density at radius 2 is 2.19 bits per heavy atom. The predicted molar refractivity (Wildman–Crippen MR) is 59.8 cm³/mol. The lowest BCUT2D eigenvalue weighted by Crippen LogP contribution is -2.01. The molecule has 1 aromatic carbocycles. The zero-order chi connectivity index (χ0) is 12.0. The number of hydrogen-bond donors (Lipinski definition) is 0. The zero-order valence-electron chi connectivity index (χ0n) is 9.36. The SMILES string of the molecule is CCC(C)ON=Cc1cccc(C(F)F)c1. The Balaban J connectivity index is 2.63. The molecule has 0 bridgehead atoms. The van der Waals surface area contributed by atoms with Gasteiger partial charge in [0, 0.05) is 5.56 Å². The minimum atomic E-state index is -2.45. The smallest absolute Gasteiger partial charge is 0.263 e. The molecule has 1 atom stereocenters. The molecule has 2 nitrogen and oxygen atoms in total. The van der Waals surface area contributed by atoms with E-state index in [-0.39, 0.29) is 11.7 Å². The minimum absolute atomic E-state index is 0.00695. The number of rotatable bonds is 5. The maximum absolute atomic E-state index is 12.4. The van der Waals surface area contributed by atoms with Gasteiger partial charge in [-0.15, -0.1) is 0 Å². The van der Waals surface area contributed by atoms with E-state index in [1.807, 2.05) is 13.8 Å². The summed E-state index contributed by atoms with van der Waals surface area (Å²) in [7, 11) is 0. The molecular weight excluding hydrogens is 212 g/mol. The van der Waals surface area contributed by atoms with Crippen LogP contribution in [0.15, 0.2) is 29.4 Å². The molecule has 0 aliphatic heterocycles. The molecule has 0 saturated heterocycles. The Kier molecular flexibility index (Phi) is 4.89. The molecule has 0 saturated carbocycles. The second kappa shape index (κ2) is 6.20. The fourth-order valence-corrected chi connectivity index (χ4v) is 1.04. The van der Waals surface area contributed by atoms with Gasteiger partial charge in [-0.1, -0.05) is 30.3 Å². The van der Waals surface area contributed by atoms with Crippen molar-refractivity contribution < 1.29 is 13.6 Å². The third-order valence-electron chi connectivity index (χ3n) is 2.18. The van der Waals surface area contributed by atoms with Crippen molar-refractivity contribution in [3.8, 4) is 0 Å². The molecule has 4 heteroatoms. The lowest BCUT2D eigenvalue weighted by molar-refractivity contribution is 0.0712. The fourth-order valence-electron chi connectivity index (χ4n) is 1.04. The number of nitrogens with zero attached hydrogens (tertiary/aromatic N) is 1. The summed E-state index contributed by atoms with van der Waals surface area (Å²) in [5.41, 5.74) is 0.605. The third kappa shape index (κ3) is 3.96. The molecule has 0 fully saturated rings. The molecule has 0 heterocycles. The Labute approximate surface area is 93.9 Å². The Bertz CT molecular complexity index is 353. The van der Waals surface area contributed by atoms with Crippen molar-refractivity contribution in [3.63, 3.8) is 0 Å². The lowest BCUT2D eigenvalue weighted by Gasteiger charge is -2.05. The molecule has 0 aliphatic carbocycles. The van der Waals surface area contributed by atoms with Gasteiger partial charge >= 0.3 is 0 Å². The van der Waals surface area contributed by atoms with E-state index in [2.05, 4.69) is 5.16 Å². The van der Waals surface area contributed by atoms with E-state index in [1.54, 1.807) is 12.1 Å². The van der Waals surface area contributed by atoms with Gasteiger partial charge in [-0.05, 0) is 25.0 Å². The molecule has 1 rings (SSSR count). The van der Waals surface area contributed by atoms with Crippen LogP contribution >= 0.6 is 0 Å². The molecule has 16 heavy (non-hydrogen) atoms. The first-order chi connectivity index (χ1) is 7.63. The lowest BCUT2D eigenvalue weighted by atomic mass is 10.1. The van der Waals surface area contributed by atoms with Gasteiger partial charge in [0.1, 0.15) is 6.10 Å². The highest BCUT2D eigenvalue weighted by Gasteiger charge is 2.05. The van der Waals surface area contributed by atoms with E-state index in [0.717, 1.165) is 6.42 Å². The van der Waals surface area contributed by atoms with Crippen molar-refractivity contribution in [1.82, 2.24) is 0 Å². The predicted octanol–water partition coefficient (Wildman–Crippen LogP) is 3.77. The van der Waals surface area contributed by atoms with Gasteiger partial charge < -0.3 is 4.84 Å². The van der Waals surface area contributed by atoms with E-state index < -0.39 is 6.43 Å². The average molecular weight is 227 g/mol. The van der Waals surface area contributed by atoms with Crippen LogP contribution in [0.3, 0.4) is 0 Å². The fraction of sp³-hybridized carbons (Fsp3) is 0.417. The summed E-state index contributed by atoms with van der Waals surface area (Å²) in [5.74, 6) is 0. The molecule has 88 valence electrons. The largest absolute Gasteiger partial charge is 0.393 e. The number of alkyl halides is 2. The van der Waals surface area contributed by atoms with Gasteiger partial charge in [0.2, 0.25) is 0 Å². The van der Waals surface area contributed by atoms with Crippen molar-refractivity contribution in [2.75, 3.05) is 0 Å². The van der Waals surface area contributed by atoms with Crippen molar-refractivity contribution in [1.29, 1.82) is 0 Å². The van der Waals surface area contributed by atoms with E-state index in [4.69, 9.17) is 4.84 Å². The van der Waals surface area contributed by atoms with Crippen molar-refractivity contribution in [2.45, 2.75) is 32.8 Å². The number of oxime groups is 1. The Morgan fingerprint density at radius 1 is 1.44 bits per heavy atom. The zero-order valence-corrected chi connectivity index (χ0v) is 9.36. The highest BCUT2D eigenvalue weighted by Crippen LogP contribution is 2.18. The Hall–Kier alpha value is -1.45. The summed E-state index contributed by atoms with van der Waals surface area (Å²) < 4.78 is 24.8. The number of halogens is 2. The molecule has 0 amide bonds. The molecule has 0 radical (unpaired) electrons. The van der Waals surface area contributed by atoms with Crippen molar-refractivity contribution in [2.24, 2.45) is 5.16 Å². The van der Waals surface area contributed by atoms with E-state index >= 15 is 0 Å². The van der Waals surface area contributed by atoms with Crippen LogP contribution in [0.25, 0.3) is 0 Å². The molecule has 0 spiro atoms. The van der Waals surface area contributed by atoms with Gasteiger partial charge in [0.05, 0.1) is 6.21 Å². The van der Waals surface area contributed by atoms with E-state index in [1.165, 1.54) is 18.3 Å². The van der Waals surface area contributed by atoms with Crippen LogP contribution in [-0.2, 0) is 4.84 Å². The van der Waals surface area contributed by atoms with Gasteiger partial charge in [-0.3, -0.25) is 0 Å². The average Bonchev–Trinajstić information content (AvgIpc) is 2.29. The second-order valence-electron chi connectivity index (χ2n) is 3.53. The van der Waals surface area contributed by atoms with Crippen LogP contribution in [-0.4, -0.2) is 12.3 Å². The first-order valence-electron chi connectivity index (χ1n) is 5.20. The van der Waals surface area contributed by atoms with Gasteiger partial charge in [-0.25, -0.2) is 8.78 Å². The summed E-state index contributed by atoms with van der Waals surface area (Å²) in [6.45, 7) is 3.88. The normalized spacial score (nSPS) is 13.3. The van der Waals surface area contributed by atoms with Crippen LogP contribution in [0.4, 0.5) is 8.78 Å². The van der Waals surface area contributed by atoms with Crippen molar-refractivity contribution >= 4 is 6.21 Å². The highest BCUT2D eigenvalue weighted by molar-refractivity contribution is 5.79. The summed E-state index contributed by atoms with van der Waals surface area (Å²) in [4.78, 5) is 5.08. The standard InChI is InChI=1S/C12H15F2NO/c1-3-9(2)16-15-8-10-5-4-6-11(7-10)12(13)14/h4-9,12H,3H2,1-2H3. The second-order valence-corrected chi connectivity index (χ2v) is 3.53. The molecule has 1 unspecified atom stereocenters. The summed E-state index contributed by atoms with van der Waals surface area (Å²) in [6, 6.07) is 6.06. The van der Waals surface area contributed by atoms with Crippen LogP contribution < -0.4 is 0 Å². The summed E-state index contributed by atoms with van der Waals surface area (Å²) in [5, 5.41) is 3.74. The maximum atomic E-state index is 12.4. The van der Waals surface area contributed by atoms with Crippen LogP contribution in [0.5, 0.6) is 0 Å². The molecule has 0 N–H and O–H groups in total. The van der Waals surface area contributed by atoms with Crippen molar-refractivity contribution in [3.05, 3.63) is 35.4 Å². The van der Waals surface area contributed by atoms with E-state index in [0.29, 0.717) is 5.56 Å². The molecule has 1 aromatic rings. The van der Waals surface area contributed by atoms with E-state index in [9.17, 15) is 8.78 Å². The summed E-state index contributed by atoms with van der Waals surface area (Å²) >= 11 is 0. The molecule has 0 aromatic heterocycles. The topological polar surface area (TPSA) is 21.6 Å². The molecule has 0 aliphatic rings. The summed E-state index contributed by atoms with van der Waals surface area (Å²) in [6.07, 6.45) is -0.120. The van der Waals surface area contributed by atoms with Crippen LogP contribution in [0.2, 0.25) is 0 Å². The molecular formula is C12H15F2NO. The first-order valence-corrected chi connectivity index (χ1v) is 5.20. The number of benzene rings is 1. The van der Waals surface area contributed by atoms with Gasteiger partial charge in [0.25, 0.3) is 6.43 Å². The quantitative estimate of drug-likeness (QED) is 0.554. The maximum Gasteiger partial charge on any atom is 0.263 e.